The molecule has 30 heavy (non-hydrogen) atoms. The molecule has 0 aliphatic carbocycles. The molecule has 0 saturated carbocycles. The first-order valence-corrected chi connectivity index (χ1v) is 11.3. The molecule has 0 unspecified atom stereocenters. The van der Waals surface area contributed by atoms with Gasteiger partial charge in [-0.2, -0.15) is 9.40 Å². The Morgan fingerprint density at radius 1 is 1.03 bits per heavy atom. The number of aryl methyl sites for hydroxylation is 1. The summed E-state index contributed by atoms with van der Waals surface area (Å²) in [5.41, 5.74) is 3.55. The molecule has 0 spiro atoms. The highest BCUT2D eigenvalue weighted by atomic mass is 32.2. The van der Waals surface area contributed by atoms with Gasteiger partial charge in [0.25, 0.3) is 0 Å². The van der Waals surface area contributed by atoms with Crippen molar-refractivity contribution >= 4 is 10.0 Å². The standard InChI is InChI=1S/C22H25N3O4S/c1-16-20(17(2)25(23-16)18-8-5-4-6-9-18)15-24(3)30(26,27)19-10-11-21-22(14-19)29-13-7-12-28-21/h4-6,8-11,14H,7,12-13,15H2,1-3H3. The van der Waals surface area contributed by atoms with E-state index in [0.29, 0.717) is 24.7 Å². The van der Waals surface area contributed by atoms with Gasteiger partial charge in [-0.3, -0.25) is 0 Å². The molecule has 0 radical (unpaired) electrons. The van der Waals surface area contributed by atoms with Crippen LogP contribution in [0.25, 0.3) is 5.69 Å². The fraction of sp³-hybridized carbons (Fsp3) is 0.318. The lowest BCUT2D eigenvalue weighted by Gasteiger charge is -2.18. The van der Waals surface area contributed by atoms with Crippen LogP contribution in [0.5, 0.6) is 11.5 Å². The maximum Gasteiger partial charge on any atom is 0.243 e. The Bertz CT molecular complexity index is 1160. The van der Waals surface area contributed by atoms with E-state index < -0.39 is 10.0 Å². The lowest BCUT2D eigenvalue weighted by molar-refractivity contribution is 0.297. The van der Waals surface area contributed by atoms with Crippen LogP contribution in [0.1, 0.15) is 23.4 Å². The molecule has 7 nitrogen and oxygen atoms in total. The van der Waals surface area contributed by atoms with Crippen molar-refractivity contribution in [3.8, 4) is 17.2 Å². The zero-order chi connectivity index (χ0) is 21.3. The Balaban J connectivity index is 1.62. The summed E-state index contributed by atoms with van der Waals surface area (Å²) in [6, 6.07) is 14.6. The molecule has 0 amide bonds. The molecule has 158 valence electrons. The minimum atomic E-state index is -3.71. The van der Waals surface area contributed by atoms with Crippen LogP contribution in [0, 0.1) is 13.8 Å². The Hall–Kier alpha value is -2.84. The number of sulfonamides is 1. The van der Waals surface area contributed by atoms with Crippen LogP contribution in [0.3, 0.4) is 0 Å². The predicted octanol–water partition coefficient (Wildman–Crippen LogP) is 3.47. The van der Waals surface area contributed by atoms with Crippen molar-refractivity contribution in [3.63, 3.8) is 0 Å². The van der Waals surface area contributed by atoms with Crippen LogP contribution < -0.4 is 9.47 Å². The molecule has 4 rings (SSSR count). The van der Waals surface area contributed by atoms with Gasteiger partial charge >= 0.3 is 0 Å². The summed E-state index contributed by atoms with van der Waals surface area (Å²) in [6.45, 7) is 5.14. The lowest BCUT2D eigenvalue weighted by Crippen LogP contribution is -2.27. The van der Waals surface area contributed by atoms with Crippen molar-refractivity contribution in [1.82, 2.24) is 14.1 Å². The molecule has 8 heteroatoms. The second-order valence-corrected chi connectivity index (χ2v) is 9.36. The van der Waals surface area contributed by atoms with Crippen LogP contribution in [0.15, 0.2) is 53.4 Å². The van der Waals surface area contributed by atoms with E-state index in [4.69, 9.17) is 9.47 Å². The number of para-hydroxylation sites is 1. The van der Waals surface area contributed by atoms with E-state index in [2.05, 4.69) is 5.10 Å². The van der Waals surface area contributed by atoms with Gasteiger partial charge < -0.3 is 9.47 Å². The first-order chi connectivity index (χ1) is 14.4. The highest BCUT2D eigenvalue weighted by molar-refractivity contribution is 7.89. The molecule has 0 N–H and O–H groups in total. The van der Waals surface area contributed by atoms with Gasteiger partial charge in [0.15, 0.2) is 11.5 Å². The largest absolute Gasteiger partial charge is 0.490 e. The van der Waals surface area contributed by atoms with E-state index in [1.165, 1.54) is 4.31 Å². The average molecular weight is 428 g/mol. The van der Waals surface area contributed by atoms with Crippen LogP contribution in [-0.2, 0) is 16.6 Å². The summed E-state index contributed by atoms with van der Waals surface area (Å²) in [5.74, 6) is 1.04. The molecule has 1 aliphatic rings. The third-order valence-electron chi connectivity index (χ3n) is 5.25. The molecular formula is C22H25N3O4S. The molecular weight excluding hydrogens is 402 g/mol. The number of rotatable bonds is 5. The summed E-state index contributed by atoms with van der Waals surface area (Å²) in [4.78, 5) is 0.181. The zero-order valence-corrected chi connectivity index (χ0v) is 18.1. The summed E-state index contributed by atoms with van der Waals surface area (Å²) in [7, 11) is -2.13. The summed E-state index contributed by atoms with van der Waals surface area (Å²) < 4.78 is 40.9. The van der Waals surface area contributed by atoms with Crippen LogP contribution >= 0.6 is 0 Å². The Morgan fingerprint density at radius 3 is 2.47 bits per heavy atom. The van der Waals surface area contributed by atoms with Gasteiger partial charge in [-0.1, -0.05) is 18.2 Å². The van der Waals surface area contributed by atoms with Crippen LogP contribution in [0.2, 0.25) is 0 Å². The average Bonchev–Trinajstić information content (AvgIpc) is 2.91. The fourth-order valence-corrected chi connectivity index (χ4v) is 4.67. The van der Waals surface area contributed by atoms with Crippen molar-refractivity contribution in [2.24, 2.45) is 0 Å². The Morgan fingerprint density at radius 2 is 1.73 bits per heavy atom. The summed E-state index contributed by atoms with van der Waals surface area (Å²) in [5, 5.41) is 4.61. The number of ether oxygens (including phenoxy) is 2. The van der Waals surface area contributed by atoms with Gasteiger partial charge in [0, 0.05) is 37.3 Å². The third kappa shape index (κ3) is 3.80. The van der Waals surface area contributed by atoms with Crippen molar-refractivity contribution in [2.75, 3.05) is 20.3 Å². The minimum absolute atomic E-state index is 0.181. The molecule has 1 aromatic heterocycles. The van der Waals surface area contributed by atoms with Crippen molar-refractivity contribution in [2.45, 2.75) is 31.7 Å². The number of hydrogen-bond acceptors (Lipinski definition) is 5. The highest BCUT2D eigenvalue weighted by Gasteiger charge is 2.25. The van der Waals surface area contributed by atoms with Gasteiger partial charge in [0.05, 0.1) is 29.5 Å². The number of benzene rings is 2. The molecule has 0 bridgehead atoms. The van der Waals surface area contributed by atoms with Gasteiger partial charge in [-0.05, 0) is 38.1 Å². The first-order valence-electron chi connectivity index (χ1n) is 9.84. The van der Waals surface area contributed by atoms with Gasteiger partial charge in [-0.15, -0.1) is 0 Å². The predicted molar refractivity (Wildman–Crippen MR) is 114 cm³/mol. The fourth-order valence-electron chi connectivity index (χ4n) is 3.52. The monoisotopic (exact) mass is 427 g/mol. The number of hydrogen-bond donors (Lipinski definition) is 0. The van der Waals surface area contributed by atoms with E-state index in [1.54, 1.807) is 25.2 Å². The number of aromatic nitrogens is 2. The number of nitrogens with zero attached hydrogens (tertiary/aromatic N) is 3. The van der Waals surface area contributed by atoms with E-state index in [-0.39, 0.29) is 11.4 Å². The molecule has 0 atom stereocenters. The SMILES string of the molecule is Cc1nn(-c2ccccc2)c(C)c1CN(C)S(=O)(=O)c1ccc2c(c1)OCCCO2. The smallest absolute Gasteiger partial charge is 0.243 e. The van der Waals surface area contributed by atoms with Crippen molar-refractivity contribution < 1.29 is 17.9 Å². The molecule has 3 aromatic rings. The molecule has 1 aliphatic heterocycles. The second-order valence-electron chi connectivity index (χ2n) is 7.32. The van der Waals surface area contributed by atoms with Crippen molar-refractivity contribution in [1.29, 1.82) is 0 Å². The molecule has 0 fully saturated rings. The van der Waals surface area contributed by atoms with Crippen LogP contribution in [0.4, 0.5) is 0 Å². The minimum Gasteiger partial charge on any atom is -0.490 e. The second kappa shape index (κ2) is 8.12. The maximum atomic E-state index is 13.2. The molecule has 2 aromatic carbocycles. The van der Waals surface area contributed by atoms with E-state index in [1.807, 2.05) is 48.9 Å². The zero-order valence-electron chi connectivity index (χ0n) is 17.3. The van der Waals surface area contributed by atoms with Crippen molar-refractivity contribution in [3.05, 3.63) is 65.5 Å². The maximum absolute atomic E-state index is 13.2. The summed E-state index contributed by atoms with van der Waals surface area (Å²) in [6.07, 6.45) is 0.765. The quantitative estimate of drug-likeness (QED) is 0.623. The Labute approximate surface area is 176 Å². The van der Waals surface area contributed by atoms with E-state index in [0.717, 1.165) is 29.1 Å². The first kappa shape index (κ1) is 20.4. The van der Waals surface area contributed by atoms with Crippen LogP contribution in [-0.4, -0.2) is 42.8 Å². The van der Waals surface area contributed by atoms with E-state index in [9.17, 15) is 8.42 Å². The topological polar surface area (TPSA) is 73.7 Å². The lowest BCUT2D eigenvalue weighted by atomic mass is 10.2. The molecule has 0 saturated heterocycles. The Kier molecular flexibility index (Phi) is 5.53. The number of fused-ring (bicyclic) bond motifs is 1. The third-order valence-corrected chi connectivity index (χ3v) is 7.05. The highest BCUT2D eigenvalue weighted by Crippen LogP contribution is 2.33. The van der Waals surface area contributed by atoms with Gasteiger partial charge in [0.2, 0.25) is 10.0 Å². The van der Waals surface area contributed by atoms with Gasteiger partial charge in [0.1, 0.15) is 0 Å². The van der Waals surface area contributed by atoms with E-state index >= 15 is 0 Å². The normalized spacial score (nSPS) is 14.0. The summed E-state index contributed by atoms with van der Waals surface area (Å²) >= 11 is 0. The molecule has 2 heterocycles. The van der Waals surface area contributed by atoms with Gasteiger partial charge in [-0.25, -0.2) is 13.1 Å².